The molecule has 0 aliphatic heterocycles. The highest BCUT2D eigenvalue weighted by Crippen LogP contribution is 2.11. The molecular formula is C12H11FN4O. The average molecular weight is 246 g/mol. The number of benzene rings is 1. The van der Waals surface area contributed by atoms with Gasteiger partial charge in [0.2, 0.25) is 0 Å². The van der Waals surface area contributed by atoms with E-state index in [1.807, 2.05) is 0 Å². The van der Waals surface area contributed by atoms with Gasteiger partial charge in [0.1, 0.15) is 12.1 Å². The van der Waals surface area contributed by atoms with Crippen LogP contribution in [0.25, 0.3) is 0 Å². The highest BCUT2D eigenvalue weighted by Gasteiger charge is 2.08. The highest BCUT2D eigenvalue weighted by molar-refractivity contribution is 5.94. The van der Waals surface area contributed by atoms with Crippen LogP contribution in [0.15, 0.2) is 36.8 Å². The smallest absolute Gasteiger partial charge is 0.251 e. The minimum absolute atomic E-state index is 0.0161. The normalized spacial score (nSPS) is 10.1. The van der Waals surface area contributed by atoms with Gasteiger partial charge in [0.15, 0.2) is 0 Å². The number of carbonyl (C=O) groups is 1. The molecule has 1 aromatic carbocycles. The van der Waals surface area contributed by atoms with E-state index < -0.39 is 5.82 Å². The molecule has 0 fully saturated rings. The number of nitrogen functional groups attached to an aromatic ring is 1. The Hall–Kier alpha value is -2.50. The number of hydrogen-bond acceptors (Lipinski definition) is 4. The average Bonchev–Trinajstić information content (AvgIpc) is 2.40. The lowest BCUT2D eigenvalue weighted by atomic mass is 10.2. The third-order valence-electron chi connectivity index (χ3n) is 2.34. The van der Waals surface area contributed by atoms with Gasteiger partial charge < -0.3 is 11.1 Å². The number of nitrogens with zero attached hydrogens (tertiary/aromatic N) is 2. The number of nitrogens with two attached hydrogens (primary N) is 1. The zero-order valence-electron chi connectivity index (χ0n) is 9.43. The Morgan fingerprint density at radius 2 is 2.22 bits per heavy atom. The van der Waals surface area contributed by atoms with Gasteiger partial charge in [-0.1, -0.05) is 0 Å². The molecule has 5 nitrogen and oxygen atoms in total. The summed E-state index contributed by atoms with van der Waals surface area (Å²) in [6, 6.07) is 5.61. The second-order valence-electron chi connectivity index (χ2n) is 3.62. The first-order valence-corrected chi connectivity index (χ1v) is 5.25. The maximum Gasteiger partial charge on any atom is 0.251 e. The molecule has 2 aromatic rings. The molecule has 0 aliphatic carbocycles. The number of halogens is 1. The molecule has 18 heavy (non-hydrogen) atoms. The summed E-state index contributed by atoms with van der Waals surface area (Å²) in [5.41, 5.74) is 6.24. The number of nitrogens with one attached hydrogen (secondary N) is 1. The first-order chi connectivity index (χ1) is 8.66. The summed E-state index contributed by atoms with van der Waals surface area (Å²) in [7, 11) is 0. The fraction of sp³-hybridized carbons (Fsp3) is 0.0833. The fourth-order valence-electron chi connectivity index (χ4n) is 1.36. The predicted molar refractivity (Wildman–Crippen MR) is 64.0 cm³/mol. The maximum atomic E-state index is 13.2. The van der Waals surface area contributed by atoms with Crippen LogP contribution in [0.2, 0.25) is 0 Å². The first-order valence-electron chi connectivity index (χ1n) is 5.25. The van der Waals surface area contributed by atoms with E-state index in [9.17, 15) is 9.18 Å². The fourth-order valence-corrected chi connectivity index (χ4v) is 1.36. The van der Waals surface area contributed by atoms with Crippen molar-refractivity contribution in [1.82, 2.24) is 15.3 Å². The monoisotopic (exact) mass is 246 g/mol. The largest absolute Gasteiger partial charge is 0.396 e. The molecule has 1 aromatic heterocycles. The molecule has 92 valence electrons. The number of carbonyl (C=O) groups excluding carboxylic acids is 1. The van der Waals surface area contributed by atoms with Gasteiger partial charge in [-0.3, -0.25) is 4.79 Å². The molecule has 3 N–H and O–H groups in total. The molecule has 1 amide bonds. The predicted octanol–water partition coefficient (Wildman–Crippen LogP) is 1.13. The van der Waals surface area contributed by atoms with Crippen LogP contribution >= 0.6 is 0 Å². The second-order valence-corrected chi connectivity index (χ2v) is 3.62. The summed E-state index contributed by atoms with van der Waals surface area (Å²) in [6.45, 7) is 0.257. The van der Waals surface area contributed by atoms with Gasteiger partial charge in [-0.05, 0) is 24.3 Å². The highest BCUT2D eigenvalue weighted by atomic mass is 19.1. The van der Waals surface area contributed by atoms with Crippen LogP contribution in [0.3, 0.4) is 0 Å². The van der Waals surface area contributed by atoms with E-state index in [-0.39, 0.29) is 23.7 Å². The standard InChI is InChI=1S/C12H11FN4O/c13-10-5-8(1-2-11(10)14)12(18)16-6-9-3-4-15-7-17-9/h1-5,7H,6,14H2,(H,16,18). The van der Waals surface area contributed by atoms with Crippen molar-refractivity contribution in [2.45, 2.75) is 6.54 Å². The Bertz CT molecular complexity index is 559. The van der Waals surface area contributed by atoms with Gasteiger partial charge >= 0.3 is 0 Å². The van der Waals surface area contributed by atoms with E-state index in [0.717, 1.165) is 6.07 Å². The van der Waals surface area contributed by atoms with Crippen molar-refractivity contribution in [3.63, 3.8) is 0 Å². The van der Waals surface area contributed by atoms with E-state index in [4.69, 9.17) is 5.73 Å². The number of anilines is 1. The Balaban J connectivity index is 2.02. The van der Waals surface area contributed by atoms with Crippen LogP contribution in [0, 0.1) is 5.82 Å². The van der Waals surface area contributed by atoms with Crippen LogP contribution in [0.4, 0.5) is 10.1 Å². The Labute approximate surface area is 103 Å². The van der Waals surface area contributed by atoms with Crippen molar-refractivity contribution in [2.75, 3.05) is 5.73 Å². The molecule has 1 heterocycles. The van der Waals surface area contributed by atoms with Crippen LogP contribution in [-0.2, 0) is 6.54 Å². The number of rotatable bonds is 3. The number of aromatic nitrogens is 2. The summed E-state index contributed by atoms with van der Waals surface area (Å²) in [5.74, 6) is -0.989. The molecule has 0 aliphatic rings. The summed E-state index contributed by atoms with van der Waals surface area (Å²) in [5, 5.41) is 2.63. The van der Waals surface area contributed by atoms with E-state index in [1.165, 1.54) is 18.5 Å². The van der Waals surface area contributed by atoms with E-state index in [1.54, 1.807) is 12.3 Å². The molecule has 0 bridgehead atoms. The van der Waals surface area contributed by atoms with Crippen molar-refractivity contribution >= 4 is 11.6 Å². The molecule has 0 saturated heterocycles. The van der Waals surface area contributed by atoms with Crippen molar-refractivity contribution in [2.24, 2.45) is 0 Å². The van der Waals surface area contributed by atoms with Crippen molar-refractivity contribution in [1.29, 1.82) is 0 Å². The molecule has 0 spiro atoms. The Morgan fingerprint density at radius 1 is 1.39 bits per heavy atom. The number of hydrogen-bond donors (Lipinski definition) is 2. The van der Waals surface area contributed by atoms with E-state index >= 15 is 0 Å². The molecule has 0 atom stereocenters. The molecule has 6 heteroatoms. The lowest BCUT2D eigenvalue weighted by Gasteiger charge is -2.05. The minimum atomic E-state index is -0.607. The minimum Gasteiger partial charge on any atom is -0.396 e. The maximum absolute atomic E-state index is 13.2. The Morgan fingerprint density at radius 3 is 2.89 bits per heavy atom. The van der Waals surface area contributed by atoms with Crippen molar-refractivity contribution in [3.8, 4) is 0 Å². The third-order valence-corrected chi connectivity index (χ3v) is 2.34. The topological polar surface area (TPSA) is 80.9 Å². The van der Waals surface area contributed by atoms with Gasteiger partial charge in [-0.2, -0.15) is 0 Å². The lowest BCUT2D eigenvalue weighted by Crippen LogP contribution is -2.23. The van der Waals surface area contributed by atoms with Gasteiger partial charge in [0.25, 0.3) is 5.91 Å². The van der Waals surface area contributed by atoms with Crippen molar-refractivity contribution in [3.05, 3.63) is 53.9 Å². The van der Waals surface area contributed by atoms with Gasteiger partial charge in [-0.25, -0.2) is 14.4 Å². The second kappa shape index (κ2) is 5.22. The molecular weight excluding hydrogens is 235 g/mol. The van der Waals surface area contributed by atoms with Crippen LogP contribution in [0.5, 0.6) is 0 Å². The van der Waals surface area contributed by atoms with Gasteiger partial charge in [0, 0.05) is 11.8 Å². The molecule has 0 unspecified atom stereocenters. The Kier molecular flexibility index (Phi) is 3.47. The van der Waals surface area contributed by atoms with Gasteiger partial charge in [-0.15, -0.1) is 0 Å². The summed E-state index contributed by atoms with van der Waals surface area (Å²) >= 11 is 0. The summed E-state index contributed by atoms with van der Waals surface area (Å²) in [4.78, 5) is 19.4. The van der Waals surface area contributed by atoms with Crippen molar-refractivity contribution < 1.29 is 9.18 Å². The quantitative estimate of drug-likeness (QED) is 0.795. The van der Waals surface area contributed by atoms with Crippen LogP contribution in [-0.4, -0.2) is 15.9 Å². The molecule has 0 radical (unpaired) electrons. The zero-order chi connectivity index (χ0) is 13.0. The summed E-state index contributed by atoms with van der Waals surface area (Å²) in [6.07, 6.45) is 2.97. The summed E-state index contributed by atoms with van der Waals surface area (Å²) < 4.78 is 13.2. The molecule has 2 rings (SSSR count). The zero-order valence-corrected chi connectivity index (χ0v) is 9.43. The third kappa shape index (κ3) is 2.79. The van der Waals surface area contributed by atoms with Crippen LogP contribution in [0.1, 0.15) is 16.1 Å². The van der Waals surface area contributed by atoms with E-state index in [2.05, 4.69) is 15.3 Å². The van der Waals surface area contributed by atoms with Gasteiger partial charge in [0.05, 0.1) is 17.9 Å². The first kappa shape index (κ1) is 12.0. The van der Waals surface area contributed by atoms with E-state index in [0.29, 0.717) is 5.69 Å². The lowest BCUT2D eigenvalue weighted by molar-refractivity contribution is 0.0950. The SMILES string of the molecule is Nc1ccc(C(=O)NCc2ccncn2)cc1F. The van der Waals surface area contributed by atoms with Crippen LogP contribution < -0.4 is 11.1 Å². The number of amides is 1. The molecule has 0 saturated carbocycles.